The molecule has 0 radical (unpaired) electrons. The summed E-state index contributed by atoms with van der Waals surface area (Å²) in [6.45, 7) is 2.85. The predicted octanol–water partition coefficient (Wildman–Crippen LogP) is 2.18. The Morgan fingerprint density at radius 1 is 1.21 bits per heavy atom. The summed E-state index contributed by atoms with van der Waals surface area (Å²) in [6, 6.07) is 9.47. The number of nitrogens with zero attached hydrogens (tertiary/aromatic N) is 4. The molecule has 0 spiro atoms. The Balaban J connectivity index is 1.53. The molecular weight excluding hydrogens is 326 g/mol. The summed E-state index contributed by atoms with van der Waals surface area (Å²) in [5, 5.41) is 3.38. The number of aromatic nitrogens is 3. The lowest BCUT2D eigenvalue weighted by Crippen LogP contribution is -2.37. The minimum atomic E-state index is -0.286. The molecule has 1 aromatic carbocycles. The van der Waals surface area contributed by atoms with Crippen molar-refractivity contribution < 1.29 is 9.53 Å². The highest BCUT2D eigenvalue weighted by atomic mass is 32.1. The van der Waals surface area contributed by atoms with Gasteiger partial charge in [-0.25, -0.2) is 15.0 Å². The molecule has 8 heteroatoms. The highest BCUT2D eigenvalue weighted by Gasteiger charge is 2.16. The summed E-state index contributed by atoms with van der Waals surface area (Å²) in [7, 11) is 0. The van der Waals surface area contributed by atoms with Crippen LogP contribution in [0.25, 0.3) is 10.2 Å². The molecule has 4 rings (SSSR count). The minimum Gasteiger partial charge on any atom is -0.378 e. The largest absolute Gasteiger partial charge is 0.378 e. The second-order valence-electron chi connectivity index (χ2n) is 5.30. The number of ether oxygens (including phenoxy) is 1. The molecule has 1 saturated heterocycles. The fourth-order valence-corrected chi connectivity index (χ4v) is 3.38. The van der Waals surface area contributed by atoms with Crippen LogP contribution in [0.4, 0.5) is 10.9 Å². The first-order valence-corrected chi connectivity index (χ1v) is 8.43. The van der Waals surface area contributed by atoms with E-state index in [-0.39, 0.29) is 5.91 Å². The Hall–Kier alpha value is -2.58. The average molecular weight is 341 g/mol. The summed E-state index contributed by atoms with van der Waals surface area (Å²) >= 11 is 1.44. The van der Waals surface area contributed by atoms with Crippen LogP contribution in [-0.2, 0) is 4.74 Å². The number of benzene rings is 1. The van der Waals surface area contributed by atoms with Gasteiger partial charge in [0, 0.05) is 19.2 Å². The molecule has 1 N–H and O–H groups in total. The van der Waals surface area contributed by atoms with E-state index >= 15 is 0 Å². The second-order valence-corrected chi connectivity index (χ2v) is 6.33. The fraction of sp³-hybridized carbons (Fsp3) is 0.250. The number of nitrogens with one attached hydrogen (secondary N) is 1. The molecule has 2 aromatic heterocycles. The van der Waals surface area contributed by atoms with Gasteiger partial charge in [0.05, 0.1) is 23.4 Å². The number of thiazole rings is 1. The zero-order chi connectivity index (χ0) is 16.4. The van der Waals surface area contributed by atoms with Crippen LogP contribution in [0.5, 0.6) is 0 Å². The van der Waals surface area contributed by atoms with Crippen molar-refractivity contribution in [2.24, 2.45) is 0 Å². The molecular formula is C16H15N5O2S. The van der Waals surface area contributed by atoms with E-state index in [4.69, 9.17) is 4.74 Å². The van der Waals surface area contributed by atoms with Gasteiger partial charge in [0.1, 0.15) is 17.8 Å². The Labute approximate surface area is 142 Å². The van der Waals surface area contributed by atoms with Crippen molar-refractivity contribution in [2.75, 3.05) is 36.5 Å². The molecule has 0 saturated carbocycles. The normalized spacial score (nSPS) is 14.8. The summed E-state index contributed by atoms with van der Waals surface area (Å²) in [4.78, 5) is 27.3. The van der Waals surface area contributed by atoms with E-state index in [1.807, 2.05) is 24.3 Å². The number of anilines is 2. The van der Waals surface area contributed by atoms with Gasteiger partial charge < -0.3 is 9.64 Å². The van der Waals surface area contributed by atoms with Gasteiger partial charge in [-0.1, -0.05) is 23.5 Å². The van der Waals surface area contributed by atoms with Crippen molar-refractivity contribution in [3.05, 3.63) is 42.4 Å². The number of hydrogen-bond donors (Lipinski definition) is 1. The van der Waals surface area contributed by atoms with Gasteiger partial charge in [-0.05, 0) is 12.1 Å². The van der Waals surface area contributed by atoms with Gasteiger partial charge in [0.2, 0.25) is 0 Å². The number of morpholine rings is 1. The van der Waals surface area contributed by atoms with E-state index in [1.165, 1.54) is 17.7 Å². The Morgan fingerprint density at radius 2 is 2.04 bits per heavy atom. The molecule has 24 heavy (non-hydrogen) atoms. The highest BCUT2D eigenvalue weighted by Crippen LogP contribution is 2.25. The average Bonchev–Trinajstić information content (AvgIpc) is 3.05. The van der Waals surface area contributed by atoms with E-state index in [1.54, 1.807) is 6.07 Å². The lowest BCUT2D eigenvalue weighted by molar-refractivity contribution is 0.102. The van der Waals surface area contributed by atoms with Gasteiger partial charge in [-0.3, -0.25) is 10.1 Å². The Kier molecular flexibility index (Phi) is 4.06. The van der Waals surface area contributed by atoms with Crippen molar-refractivity contribution in [3.63, 3.8) is 0 Å². The predicted molar refractivity (Wildman–Crippen MR) is 92.6 cm³/mol. The number of amides is 1. The van der Waals surface area contributed by atoms with Crippen LogP contribution >= 0.6 is 11.3 Å². The maximum absolute atomic E-state index is 12.4. The van der Waals surface area contributed by atoms with E-state index in [9.17, 15) is 4.79 Å². The Bertz CT molecular complexity index is 843. The van der Waals surface area contributed by atoms with Crippen molar-refractivity contribution in [1.82, 2.24) is 15.0 Å². The van der Waals surface area contributed by atoms with Crippen LogP contribution in [0.15, 0.2) is 36.7 Å². The molecule has 3 aromatic rings. The molecule has 3 heterocycles. The molecule has 1 aliphatic heterocycles. The van der Waals surface area contributed by atoms with Crippen LogP contribution < -0.4 is 10.2 Å². The van der Waals surface area contributed by atoms with Gasteiger partial charge >= 0.3 is 0 Å². The van der Waals surface area contributed by atoms with Crippen LogP contribution in [0, 0.1) is 0 Å². The van der Waals surface area contributed by atoms with Gasteiger partial charge in [0.25, 0.3) is 5.91 Å². The highest BCUT2D eigenvalue weighted by molar-refractivity contribution is 7.22. The Morgan fingerprint density at radius 3 is 2.88 bits per heavy atom. The van der Waals surface area contributed by atoms with Crippen LogP contribution in [0.2, 0.25) is 0 Å². The molecule has 122 valence electrons. The summed E-state index contributed by atoms with van der Waals surface area (Å²) in [6.07, 6.45) is 1.41. The third-order valence-corrected chi connectivity index (χ3v) is 4.69. The van der Waals surface area contributed by atoms with E-state index in [2.05, 4.69) is 25.2 Å². The van der Waals surface area contributed by atoms with Gasteiger partial charge in [0.15, 0.2) is 5.13 Å². The van der Waals surface area contributed by atoms with Crippen LogP contribution in [-0.4, -0.2) is 47.2 Å². The monoisotopic (exact) mass is 341 g/mol. The maximum atomic E-state index is 12.4. The number of fused-ring (bicyclic) bond motifs is 1. The zero-order valence-electron chi connectivity index (χ0n) is 12.8. The third-order valence-electron chi connectivity index (χ3n) is 3.73. The number of carbonyl (C=O) groups is 1. The molecule has 0 atom stereocenters. The SMILES string of the molecule is O=C(Nc1nc2ccccc2s1)c1cc(N2CCOCC2)ncn1. The molecule has 0 aliphatic carbocycles. The van der Waals surface area contributed by atoms with Gasteiger partial charge in [-0.2, -0.15) is 0 Å². The first kappa shape index (κ1) is 15.0. The van der Waals surface area contributed by atoms with Crippen molar-refractivity contribution in [2.45, 2.75) is 0 Å². The molecule has 1 aliphatic rings. The number of carbonyl (C=O) groups excluding carboxylic acids is 1. The smallest absolute Gasteiger partial charge is 0.276 e. The first-order valence-electron chi connectivity index (χ1n) is 7.61. The van der Waals surface area contributed by atoms with Crippen molar-refractivity contribution >= 4 is 38.4 Å². The lowest BCUT2D eigenvalue weighted by Gasteiger charge is -2.27. The topological polar surface area (TPSA) is 80.2 Å². The molecule has 1 amide bonds. The van der Waals surface area contributed by atoms with E-state index < -0.39 is 0 Å². The summed E-state index contributed by atoms with van der Waals surface area (Å²) in [5.41, 5.74) is 1.19. The van der Waals surface area contributed by atoms with Crippen LogP contribution in [0.3, 0.4) is 0 Å². The number of hydrogen-bond acceptors (Lipinski definition) is 7. The summed E-state index contributed by atoms with van der Waals surface area (Å²) in [5.74, 6) is 0.453. The fourth-order valence-electron chi connectivity index (χ4n) is 2.52. The second kappa shape index (κ2) is 6.50. The standard InChI is InChI=1S/C16H15N5O2S/c22-15(20-16-19-11-3-1-2-4-13(11)24-16)12-9-14(18-10-17-12)21-5-7-23-8-6-21/h1-4,9-10H,5-8H2,(H,19,20,22). The quantitative estimate of drug-likeness (QED) is 0.786. The lowest BCUT2D eigenvalue weighted by atomic mass is 10.3. The van der Waals surface area contributed by atoms with Crippen LogP contribution in [0.1, 0.15) is 10.5 Å². The summed E-state index contributed by atoms with van der Waals surface area (Å²) < 4.78 is 6.37. The maximum Gasteiger partial charge on any atom is 0.276 e. The van der Waals surface area contributed by atoms with E-state index in [0.29, 0.717) is 24.0 Å². The number of para-hydroxylation sites is 1. The third kappa shape index (κ3) is 3.06. The first-order chi connectivity index (χ1) is 11.8. The molecule has 0 bridgehead atoms. The van der Waals surface area contributed by atoms with Crippen molar-refractivity contribution in [1.29, 1.82) is 0 Å². The molecule has 7 nitrogen and oxygen atoms in total. The number of rotatable bonds is 3. The molecule has 1 fully saturated rings. The zero-order valence-corrected chi connectivity index (χ0v) is 13.6. The van der Waals surface area contributed by atoms with Crippen molar-refractivity contribution in [3.8, 4) is 0 Å². The minimum absolute atomic E-state index is 0.286. The molecule has 0 unspecified atom stereocenters. The van der Waals surface area contributed by atoms with E-state index in [0.717, 1.165) is 29.1 Å². The van der Waals surface area contributed by atoms with Gasteiger partial charge in [-0.15, -0.1) is 0 Å².